The maximum absolute atomic E-state index is 12.7. The van der Waals surface area contributed by atoms with Gasteiger partial charge in [-0.25, -0.2) is 9.69 Å². The highest BCUT2D eigenvalue weighted by molar-refractivity contribution is 7.12. The van der Waals surface area contributed by atoms with Gasteiger partial charge in [-0.05, 0) is 43.6 Å². The summed E-state index contributed by atoms with van der Waals surface area (Å²) >= 11 is 1.42. The zero-order valence-electron chi connectivity index (χ0n) is 16.9. The van der Waals surface area contributed by atoms with Crippen LogP contribution in [0.15, 0.2) is 29.2 Å². The van der Waals surface area contributed by atoms with Gasteiger partial charge in [0.2, 0.25) is 0 Å². The zero-order chi connectivity index (χ0) is 21.1. The third kappa shape index (κ3) is 4.32. The molecule has 0 atom stereocenters. The van der Waals surface area contributed by atoms with Crippen molar-refractivity contribution in [1.29, 1.82) is 0 Å². The topological polar surface area (TPSA) is 81.2 Å². The van der Waals surface area contributed by atoms with Gasteiger partial charge < -0.3 is 4.90 Å². The Bertz CT molecular complexity index is 858. The van der Waals surface area contributed by atoms with Gasteiger partial charge in [-0.1, -0.05) is 17.7 Å². The lowest BCUT2D eigenvalue weighted by Gasteiger charge is -2.35. The fourth-order valence-corrected chi connectivity index (χ4v) is 4.80. The number of carbonyl (C=O) groups excluding carboxylic acids is 4. The van der Waals surface area contributed by atoms with E-state index in [2.05, 4.69) is 6.08 Å². The Balaban J connectivity index is 1.29. The maximum Gasteiger partial charge on any atom is 0.335 e. The molecule has 3 heterocycles. The molecular weight excluding hydrogens is 404 g/mol. The van der Waals surface area contributed by atoms with Crippen molar-refractivity contribution in [3.63, 3.8) is 0 Å². The number of allylic oxidation sites excluding steroid dienone is 1. The molecule has 0 spiro atoms. The molecule has 3 aliphatic rings. The first-order valence-electron chi connectivity index (χ1n) is 10.4. The molecule has 30 heavy (non-hydrogen) atoms. The van der Waals surface area contributed by atoms with Crippen molar-refractivity contribution in [3.8, 4) is 0 Å². The SMILES string of the molecule is O=C(c1cccs1)N1CCN(CN2C(=O)C(=O)N(CCC3=CCCCC3)C2=O)CC1. The molecule has 2 aliphatic heterocycles. The van der Waals surface area contributed by atoms with Crippen molar-refractivity contribution in [1.82, 2.24) is 19.6 Å². The number of nitrogens with zero attached hydrogens (tertiary/aromatic N) is 4. The lowest BCUT2D eigenvalue weighted by molar-refractivity contribution is -0.144. The molecule has 0 radical (unpaired) electrons. The highest BCUT2D eigenvalue weighted by atomic mass is 32.1. The molecule has 2 fully saturated rings. The van der Waals surface area contributed by atoms with Gasteiger partial charge in [-0.2, -0.15) is 0 Å². The fraction of sp³-hybridized carbons (Fsp3) is 0.524. The van der Waals surface area contributed by atoms with Crippen LogP contribution in [0.4, 0.5) is 4.79 Å². The van der Waals surface area contributed by atoms with Crippen LogP contribution in [0.25, 0.3) is 0 Å². The summed E-state index contributed by atoms with van der Waals surface area (Å²) in [5.41, 5.74) is 1.26. The van der Waals surface area contributed by atoms with Crippen LogP contribution in [0.2, 0.25) is 0 Å². The summed E-state index contributed by atoms with van der Waals surface area (Å²) in [5, 5.41) is 1.88. The first-order valence-corrected chi connectivity index (χ1v) is 11.3. The summed E-state index contributed by atoms with van der Waals surface area (Å²) in [6.45, 7) is 2.50. The van der Waals surface area contributed by atoms with E-state index in [4.69, 9.17) is 0 Å². The van der Waals surface area contributed by atoms with Gasteiger partial charge in [-0.15, -0.1) is 11.3 Å². The van der Waals surface area contributed by atoms with Crippen LogP contribution in [-0.2, 0) is 9.59 Å². The van der Waals surface area contributed by atoms with Crippen LogP contribution in [0, 0.1) is 0 Å². The average Bonchev–Trinajstić information content (AvgIpc) is 3.38. The van der Waals surface area contributed by atoms with Crippen molar-refractivity contribution in [2.75, 3.05) is 39.4 Å². The lowest BCUT2D eigenvalue weighted by Crippen LogP contribution is -2.52. The predicted molar refractivity (Wildman–Crippen MR) is 112 cm³/mol. The van der Waals surface area contributed by atoms with Crippen molar-refractivity contribution in [3.05, 3.63) is 34.0 Å². The van der Waals surface area contributed by atoms with Crippen LogP contribution >= 0.6 is 11.3 Å². The molecule has 1 aromatic rings. The highest BCUT2D eigenvalue weighted by Gasteiger charge is 2.45. The predicted octanol–water partition coefficient (Wildman–Crippen LogP) is 2.14. The number of hydrogen-bond acceptors (Lipinski definition) is 6. The van der Waals surface area contributed by atoms with E-state index in [1.54, 1.807) is 4.90 Å². The summed E-state index contributed by atoms with van der Waals surface area (Å²) in [4.78, 5) is 56.4. The molecule has 9 heteroatoms. The van der Waals surface area contributed by atoms with E-state index in [-0.39, 0.29) is 19.1 Å². The van der Waals surface area contributed by atoms with Gasteiger partial charge >= 0.3 is 17.8 Å². The van der Waals surface area contributed by atoms with Crippen LogP contribution in [0.5, 0.6) is 0 Å². The van der Waals surface area contributed by atoms with E-state index in [9.17, 15) is 19.2 Å². The molecule has 0 aromatic carbocycles. The number of rotatable bonds is 6. The van der Waals surface area contributed by atoms with E-state index in [0.29, 0.717) is 37.5 Å². The minimum Gasteiger partial charge on any atom is -0.335 e. The number of urea groups is 1. The summed E-state index contributed by atoms with van der Waals surface area (Å²) in [6, 6.07) is 3.13. The van der Waals surface area contributed by atoms with E-state index < -0.39 is 17.8 Å². The minimum absolute atomic E-state index is 0.0105. The smallest absolute Gasteiger partial charge is 0.335 e. The Labute approximate surface area is 179 Å². The number of piperazine rings is 1. The van der Waals surface area contributed by atoms with Gasteiger partial charge in [0.05, 0.1) is 11.5 Å². The Morgan fingerprint density at radius 3 is 2.43 bits per heavy atom. The van der Waals surface area contributed by atoms with Crippen molar-refractivity contribution >= 4 is 35.1 Å². The minimum atomic E-state index is -0.755. The van der Waals surface area contributed by atoms with E-state index in [0.717, 1.165) is 29.1 Å². The van der Waals surface area contributed by atoms with Crippen molar-refractivity contribution in [2.45, 2.75) is 32.1 Å². The van der Waals surface area contributed by atoms with Gasteiger partial charge in [0, 0.05) is 32.7 Å². The average molecular weight is 431 g/mol. The van der Waals surface area contributed by atoms with Gasteiger partial charge in [0.1, 0.15) is 0 Å². The molecule has 1 aliphatic carbocycles. The van der Waals surface area contributed by atoms with E-state index >= 15 is 0 Å². The summed E-state index contributed by atoms with van der Waals surface area (Å²) in [5.74, 6) is -1.48. The molecular formula is C21H26N4O4S. The standard InChI is InChI=1S/C21H26N4O4S/c26-18(17-7-4-14-30-17)23-12-10-22(11-13-23)15-25-20(28)19(27)24(21(25)29)9-8-16-5-2-1-3-6-16/h4-5,7,14H,1-3,6,8-13,15H2. The second-order valence-electron chi connectivity index (χ2n) is 7.86. The molecule has 1 aromatic heterocycles. The third-order valence-corrected chi connectivity index (χ3v) is 6.77. The molecule has 4 rings (SSSR count). The molecule has 8 nitrogen and oxygen atoms in total. The summed E-state index contributed by atoms with van der Waals surface area (Å²) in [6.07, 6.45) is 7.20. The van der Waals surface area contributed by atoms with Crippen molar-refractivity contribution < 1.29 is 19.2 Å². The first-order chi connectivity index (χ1) is 14.5. The lowest BCUT2D eigenvalue weighted by atomic mass is 9.97. The van der Waals surface area contributed by atoms with Crippen LogP contribution in [0.3, 0.4) is 0 Å². The Morgan fingerprint density at radius 1 is 1.00 bits per heavy atom. The number of amides is 5. The number of thiophene rings is 1. The number of carbonyl (C=O) groups is 4. The Morgan fingerprint density at radius 2 is 1.77 bits per heavy atom. The van der Waals surface area contributed by atoms with Crippen molar-refractivity contribution in [2.24, 2.45) is 0 Å². The fourth-order valence-electron chi connectivity index (χ4n) is 4.11. The zero-order valence-corrected chi connectivity index (χ0v) is 17.7. The summed E-state index contributed by atoms with van der Waals surface area (Å²) in [7, 11) is 0. The first kappa shape index (κ1) is 20.7. The van der Waals surface area contributed by atoms with Gasteiger partial charge in [0.25, 0.3) is 5.91 Å². The Hall–Kier alpha value is -2.52. The Kier molecular flexibility index (Phi) is 6.29. The van der Waals surface area contributed by atoms with Gasteiger partial charge in [0.15, 0.2) is 0 Å². The third-order valence-electron chi connectivity index (χ3n) is 5.91. The molecule has 2 saturated heterocycles. The van der Waals surface area contributed by atoms with Crippen LogP contribution in [-0.4, -0.2) is 82.7 Å². The molecule has 0 saturated carbocycles. The second-order valence-corrected chi connectivity index (χ2v) is 8.81. The molecule has 160 valence electrons. The van der Waals surface area contributed by atoms with Crippen LogP contribution < -0.4 is 0 Å². The quantitative estimate of drug-likeness (QED) is 0.392. The second kappa shape index (κ2) is 9.09. The van der Waals surface area contributed by atoms with E-state index in [1.165, 1.54) is 23.3 Å². The molecule has 0 unspecified atom stereocenters. The number of imide groups is 2. The van der Waals surface area contributed by atoms with Gasteiger partial charge in [-0.3, -0.25) is 24.2 Å². The van der Waals surface area contributed by atoms with E-state index in [1.807, 2.05) is 22.4 Å². The monoisotopic (exact) mass is 430 g/mol. The maximum atomic E-state index is 12.7. The largest absolute Gasteiger partial charge is 0.335 e. The highest BCUT2D eigenvalue weighted by Crippen LogP contribution is 2.22. The normalized spacial score (nSPS) is 20.9. The molecule has 0 bridgehead atoms. The molecule has 5 amide bonds. The number of hydrogen-bond donors (Lipinski definition) is 0. The molecule has 0 N–H and O–H groups in total. The van der Waals surface area contributed by atoms with Crippen LogP contribution in [0.1, 0.15) is 41.8 Å². The summed E-state index contributed by atoms with van der Waals surface area (Å²) < 4.78 is 0.